The molecule has 4 nitrogen and oxygen atoms in total. The molecule has 0 saturated heterocycles. The van der Waals surface area contributed by atoms with Gasteiger partial charge in [-0.1, -0.05) is 23.7 Å². The highest BCUT2D eigenvalue weighted by molar-refractivity contribution is 6.31. The standard InChI is InChI=1S/C13H17ClN4/c1-9-5-11(3-4-12(9)14)13(17-15)6-10-7-16-18(2)8-10/h3-5,7-8,13,17H,6,15H2,1-2H3. The number of hydrogen-bond donors (Lipinski definition) is 2. The van der Waals surface area contributed by atoms with E-state index in [4.69, 9.17) is 17.4 Å². The molecule has 3 N–H and O–H groups in total. The molecule has 0 spiro atoms. The summed E-state index contributed by atoms with van der Waals surface area (Å²) in [6, 6.07) is 6.02. The largest absolute Gasteiger partial charge is 0.276 e. The van der Waals surface area contributed by atoms with Crippen LogP contribution in [0.1, 0.15) is 22.7 Å². The maximum atomic E-state index is 6.03. The summed E-state index contributed by atoms with van der Waals surface area (Å²) < 4.78 is 1.79. The average Bonchev–Trinajstić information content (AvgIpc) is 2.75. The second kappa shape index (κ2) is 5.52. The van der Waals surface area contributed by atoms with Gasteiger partial charge in [0.05, 0.1) is 12.2 Å². The molecule has 0 fully saturated rings. The van der Waals surface area contributed by atoms with Crippen molar-refractivity contribution in [2.24, 2.45) is 12.9 Å². The Balaban J connectivity index is 2.19. The fraction of sp³-hybridized carbons (Fsp3) is 0.308. The van der Waals surface area contributed by atoms with Gasteiger partial charge in [0.2, 0.25) is 0 Å². The van der Waals surface area contributed by atoms with Crippen molar-refractivity contribution in [2.75, 3.05) is 0 Å². The predicted molar refractivity (Wildman–Crippen MR) is 73.2 cm³/mol. The minimum absolute atomic E-state index is 0.0603. The number of aryl methyl sites for hydroxylation is 2. The lowest BCUT2D eigenvalue weighted by Crippen LogP contribution is -2.29. The lowest BCUT2D eigenvalue weighted by Gasteiger charge is -2.16. The van der Waals surface area contributed by atoms with Crippen molar-refractivity contribution in [2.45, 2.75) is 19.4 Å². The Hall–Kier alpha value is -1.36. The first kappa shape index (κ1) is 13.1. The second-order valence-electron chi connectivity index (χ2n) is 4.45. The van der Waals surface area contributed by atoms with Crippen LogP contribution in [0.5, 0.6) is 0 Å². The van der Waals surface area contributed by atoms with Crippen molar-refractivity contribution in [3.05, 3.63) is 52.3 Å². The third kappa shape index (κ3) is 2.90. The third-order valence-electron chi connectivity index (χ3n) is 2.98. The Morgan fingerprint density at radius 1 is 1.50 bits per heavy atom. The minimum atomic E-state index is 0.0603. The van der Waals surface area contributed by atoms with Crippen LogP contribution in [0, 0.1) is 6.92 Å². The number of nitrogens with two attached hydrogens (primary N) is 1. The Labute approximate surface area is 112 Å². The van der Waals surface area contributed by atoms with E-state index in [0.717, 1.165) is 28.1 Å². The van der Waals surface area contributed by atoms with E-state index < -0.39 is 0 Å². The number of nitrogens with one attached hydrogen (secondary N) is 1. The molecule has 0 saturated carbocycles. The van der Waals surface area contributed by atoms with Crippen molar-refractivity contribution < 1.29 is 0 Å². The number of rotatable bonds is 4. The van der Waals surface area contributed by atoms with Crippen molar-refractivity contribution in [3.63, 3.8) is 0 Å². The highest BCUT2D eigenvalue weighted by atomic mass is 35.5. The highest BCUT2D eigenvalue weighted by Gasteiger charge is 2.12. The fourth-order valence-corrected chi connectivity index (χ4v) is 2.09. The van der Waals surface area contributed by atoms with E-state index >= 15 is 0 Å². The molecule has 0 aliphatic heterocycles. The van der Waals surface area contributed by atoms with Gasteiger partial charge in [-0.15, -0.1) is 0 Å². The molecule has 1 unspecified atom stereocenters. The molecule has 2 aromatic rings. The zero-order chi connectivity index (χ0) is 13.1. The van der Waals surface area contributed by atoms with Gasteiger partial charge in [-0.05, 0) is 36.1 Å². The van der Waals surface area contributed by atoms with Gasteiger partial charge in [-0.2, -0.15) is 5.10 Å². The summed E-state index contributed by atoms with van der Waals surface area (Å²) in [5.41, 5.74) is 6.17. The Bertz CT molecular complexity index is 536. The van der Waals surface area contributed by atoms with E-state index in [0.29, 0.717) is 0 Å². The van der Waals surface area contributed by atoms with Crippen LogP contribution in [0.2, 0.25) is 5.02 Å². The number of benzene rings is 1. The number of halogens is 1. The summed E-state index contributed by atoms with van der Waals surface area (Å²) in [5.74, 6) is 5.64. The summed E-state index contributed by atoms with van der Waals surface area (Å²) in [4.78, 5) is 0. The second-order valence-corrected chi connectivity index (χ2v) is 4.86. The first-order chi connectivity index (χ1) is 8.60. The third-order valence-corrected chi connectivity index (χ3v) is 3.41. The molecule has 96 valence electrons. The molecule has 0 aliphatic rings. The fourth-order valence-electron chi connectivity index (χ4n) is 1.97. The van der Waals surface area contributed by atoms with Crippen LogP contribution in [0.4, 0.5) is 0 Å². The van der Waals surface area contributed by atoms with Gasteiger partial charge in [0.15, 0.2) is 0 Å². The molecular formula is C13H17ClN4. The maximum absolute atomic E-state index is 6.03. The molecule has 0 radical (unpaired) electrons. The van der Waals surface area contributed by atoms with Crippen LogP contribution in [-0.4, -0.2) is 9.78 Å². The topological polar surface area (TPSA) is 55.9 Å². The first-order valence-electron chi connectivity index (χ1n) is 5.80. The predicted octanol–water partition coefficient (Wildman–Crippen LogP) is 2.13. The van der Waals surface area contributed by atoms with Gasteiger partial charge < -0.3 is 0 Å². The Morgan fingerprint density at radius 2 is 2.28 bits per heavy atom. The lowest BCUT2D eigenvalue weighted by atomic mass is 10.00. The van der Waals surface area contributed by atoms with Crippen LogP contribution >= 0.6 is 11.6 Å². The molecule has 5 heteroatoms. The van der Waals surface area contributed by atoms with Crippen molar-refractivity contribution in [1.82, 2.24) is 15.2 Å². The van der Waals surface area contributed by atoms with E-state index in [1.165, 1.54) is 0 Å². The molecule has 2 rings (SSSR count). The monoisotopic (exact) mass is 264 g/mol. The van der Waals surface area contributed by atoms with Gasteiger partial charge in [0, 0.05) is 18.3 Å². The van der Waals surface area contributed by atoms with Crippen molar-refractivity contribution in [1.29, 1.82) is 0 Å². The summed E-state index contributed by atoms with van der Waals surface area (Å²) >= 11 is 6.03. The maximum Gasteiger partial charge on any atom is 0.0522 e. The van der Waals surface area contributed by atoms with Gasteiger partial charge in [-0.25, -0.2) is 0 Å². The number of aromatic nitrogens is 2. The molecule has 1 aromatic carbocycles. The van der Waals surface area contributed by atoms with E-state index in [9.17, 15) is 0 Å². The van der Waals surface area contributed by atoms with Crippen LogP contribution in [0.3, 0.4) is 0 Å². The van der Waals surface area contributed by atoms with Crippen LogP contribution < -0.4 is 11.3 Å². The van der Waals surface area contributed by atoms with E-state index in [1.807, 2.05) is 38.5 Å². The minimum Gasteiger partial charge on any atom is -0.276 e. The summed E-state index contributed by atoms with van der Waals surface area (Å²) in [5, 5.41) is 4.93. The first-order valence-corrected chi connectivity index (χ1v) is 6.17. The molecule has 0 bridgehead atoms. The quantitative estimate of drug-likeness (QED) is 0.657. The summed E-state index contributed by atoms with van der Waals surface area (Å²) in [6.45, 7) is 1.99. The molecule has 1 aromatic heterocycles. The van der Waals surface area contributed by atoms with Gasteiger partial charge in [0.1, 0.15) is 0 Å². The molecule has 1 heterocycles. The summed E-state index contributed by atoms with van der Waals surface area (Å²) in [6.07, 6.45) is 4.64. The molecule has 1 atom stereocenters. The highest BCUT2D eigenvalue weighted by Crippen LogP contribution is 2.22. The number of nitrogens with zero attached hydrogens (tertiary/aromatic N) is 2. The molecule has 0 aliphatic carbocycles. The average molecular weight is 265 g/mol. The van der Waals surface area contributed by atoms with E-state index in [-0.39, 0.29) is 6.04 Å². The Morgan fingerprint density at radius 3 is 2.83 bits per heavy atom. The molecule has 0 amide bonds. The van der Waals surface area contributed by atoms with Crippen LogP contribution in [0.25, 0.3) is 0 Å². The zero-order valence-electron chi connectivity index (χ0n) is 10.5. The van der Waals surface area contributed by atoms with Crippen LogP contribution in [0.15, 0.2) is 30.6 Å². The van der Waals surface area contributed by atoms with E-state index in [2.05, 4.69) is 16.6 Å². The summed E-state index contributed by atoms with van der Waals surface area (Å²) in [7, 11) is 1.90. The SMILES string of the molecule is Cc1cc(C(Cc2cnn(C)c2)NN)ccc1Cl. The van der Waals surface area contributed by atoms with Gasteiger partial charge in [0.25, 0.3) is 0 Å². The number of hydrazine groups is 1. The van der Waals surface area contributed by atoms with E-state index in [1.54, 1.807) is 4.68 Å². The van der Waals surface area contributed by atoms with Crippen molar-refractivity contribution in [3.8, 4) is 0 Å². The molecular weight excluding hydrogens is 248 g/mol. The number of hydrogen-bond acceptors (Lipinski definition) is 3. The van der Waals surface area contributed by atoms with Crippen molar-refractivity contribution >= 4 is 11.6 Å². The molecule has 18 heavy (non-hydrogen) atoms. The zero-order valence-corrected chi connectivity index (χ0v) is 11.3. The van der Waals surface area contributed by atoms with Crippen LogP contribution in [-0.2, 0) is 13.5 Å². The normalized spacial score (nSPS) is 12.7. The smallest absolute Gasteiger partial charge is 0.0522 e. The Kier molecular flexibility index (Phi) is 4.01. The lowest BCUT2D eigenvalue weighted by molar-refractivity contribution is 0.551. The van der Waals surface area contributed by atoms with Gasteiger partial charge in [-0.3, -0.25) is 16.0 Å². The van der Waals surface area contributed by atoms with Gasteiger partial charge >= 0.3 is 0 Å².